The lowest BCUT2D eigenvalue weighted by atomic mass is 10.0. The third-order valence-electron chi connectivity index (χ3n) is 7.43. The number of nitrogens with zero attached hydrogens (tertiary/aromatic N) is 3. The Labute approximate surface area is 213 Å². The minimum absolute atomic E-state index is 0.0959. The third kappa shape index (κ3) is 5.63. The zero-order valence-electron chi connectivity index (χ0n) is 21.5. The summed E-state index contributed by atoms with van der Waals surface area (Å²) in [5.41, 5.74) is 3.76. The molecule has 7 heteroatoms. The largest absolute Gasteiger partial charge is 0.389 e. The van der Waals surface area contributed by atoms with Gasteiger partial charge in [0.25, 0.3) is 0 Å². The van der Waals surface area contributed by atoms with Crippen LogP contribution in [0.3, 0.4) is 0 Å². The van der Waals surface area contributed by atoms with E-state index in [2.05, 4.69) is 45.9 Å². The fourth-order valence-electron chi connectivity index (χ4n) is 5.56. The number of β-amino-alcohol motifs (C(OH)–C–C–N with tert-alkyl or cyclic N) is 1. The maximum absolute atomic E-state index is 12.9. The Hall–Kier alpha value is -3.16. The van der Waals surface area contributed by atoms with Gasteiger partial charge in [-0.1, -0.05) is 24.3 Å². The Bertz CT molecular complexity index is 1230. The maximum atomic E-state index is 12.9. The number of aryl methyl sites for hydroxylation is 1. The fraction of sp³-hybridized carbons (Fsp3) is 0.448. The highest BCUT2D eigenvalue weighted by Crippen LogP contribution is 2.33. The van der Waals surface area contributed by atoms with E-state index in [1.807, 2.05) is 50.1 Å². The van der Waals surface area contributed by atoms with E-state index in [4.69, 9.17) is 4.98 Å². The molecule has 1 atom stereocenters. The molecule has 36 heavy (non-hydrogen) atoms. The number of carbonyl (C=O) groups is 1. The third-order valence-corrected chi connectivity index (χ3v) is 7.43. The van der Waals surface area contributed by atoms with Gasteiger partial charge in [0.15, 0.2) is 0 Å². The monoisotopic (exact) mass is 487 g/mol. The quantitative estimate of drug-likeness (QED) is 0.454. The van der Waals surface area contributed by atoms with Crippen molar-refractivity contribution in [2.45, 2.75) is 57.2 Å². The average molecular weight is 488 g/mol. The van der Waals surface area contributed by atoms with Crippen molar-refractivity contribution in [2.24, 2.45) is 0 Å². The summed E-state index contributed by atoms with van der Waals surface area (Å²) in [4.78, 5) is 21.8. The van der Waals surface area contributed by atoms with Crippen molar-refractivity contribution in [2.75, 3.05) is 37.3 Å². The van der Waals surface area contributed by atoms with E-state index in [-0.39, 0.29) is 12.1 Å². The van der Waals surface area contributed by atoms with Crippen molar-refractivity contribution in [1.29, 1.82) is 0 Å². The number of pyridine rings is 1. The maximum Gasteiger partial charge on any atom is 0.321 e. The summed E-state index contributed by atoms with van der Waals surface area (Å²) >= 11 is 0. The van der Waals surface area contributed by atoms with Crippen LogP contribution < -0.4 is 10.6 Å². The van der Waals surface area contributed by atoms with Crippen LogP contribution >= 0.6 is 0 Å². The molecule has 7 nitrogen and oxygen atoms in total. The van der Waals surface area contributed by atoms with Crippen LogP contribution in [0.2, 0.25) is 0 Å². The summed E-state index contributed by atoms with van der Waals surface area (Å²) in [6, 6.07) is 18.9. The molecule has 1 saturated heterocycles. The molecular formula is C29H37N5O2. The van der Waals surface area contributed by atoms with Crippen molar-refractivity contribution in [3.63, 3.8) is 0 Å². The summed E-state index contributed by atoms with van der Waals surface area (Å²) in [5, 5.41) is 17.7. The van der Waals surface area contributed by atoms with Gasteiger partial charge in [0.05, 0.1) is 17.2 Å². The molecule has 5 rings (SSSR count). The van der Waals surface area contributed by atoms with Crippen LogP contribution in [0.5, 0.6) is 0 Å². The van der Waals surface area contributed by atoms with Gasteiger partial charge in [-0.15, -0.1) is 0 Å². The lowest BCUT2D eigenvalue weighted by Crippen LogP contribution is -2.49. The molecular weight excluding hydrogens is 450 g/mol. The van der Waals surface area contributed by atoms with Gasteiger partial charge in [-0.2, -0.15) is 0 Å². The molecule has 2 aromatic carbocycles. The number of piperidine rings is 1. The highest BCUT2D eigenvalue weighted by Gasteiger charge is 2.28. The first kappa shape index (κ1) is 24.5. The molecule has 0 spiro atoms. The molecule has 1 aromatic heterocycles. The second kappa shape index (κ2) is 10.1. The molecule has 1 fully saturated rings. The topological polar surface area (TPSA) is 80.7 Å². The first-order chi connectivity index (χ1) is 17.2. The van der Waals surface area contributed by atoms with Crippen LogP contribution in [0.4, 0.5) is 16.3 Å². The summed E-state index contributed by atoms with van der Waals surface area (Å²) in [6.07, 6.45) is 3.99. The molecule has 0 saturated carbocycles. The molecule has 2 heterocycles. The number of anilines is 2. The van der Waals surface area contributed by atoms with Gasteiger partial charge in [0.1, 0.15) is 5.82 Å². The van der Waals surface area contributed by atoms with E-state index in [0.29, 0.717) is 12.6 Å². The standard InChI is InChI=1S/C29H37N5O2/c1-29(2,36)19-34-16-14-23(15-17-34)33(3)28(35)30-22-10-12-25-21(18-22)9-13-27(31-25)32-26-11-8-20-6-4-5-7-24(20)26/h4-7,9-10,12-13,18,23,26,36H,8,11,14-17,19H2,1-3H3,(H,30,35)(H,31,32)/t26-/m1/s1. The van der Waals surface area contributed by atoms with Gasteiger partial charge < -0.3 is 25.5 Å². The highest BCUT2D eigenvalue weighted by atomic mass is 16.3. The van der Waals surface area contributed by atoms with Crippen LogP contribution in [0.15, 0.2) is 54.6 Å². The minimum atomic E-state index is -0.695. The number of nitrogens with one attached hydrogen (secondary N) is 2. The molecule has 1 aliphatic heterocycles. The van der Waals surface area contributed by atoms with E-state index in [1.165, 1.54) is 11.1 Å². The van der Waals surface area contributed by atoms with E-state index in [1.54, 1.807) is 0 Å². The van der Waals surface area contributed by atoms with Crippen molar-refractivity contribution in [1.82, 2.24) is 14.8 Å². The molecule has 0 bridgehead atoms. The number of rotatable bonds is 6. The summed E-state index contributed by atoms with van der Waals surface area (Å²) in [5.74, 6) is 0.872. The molecule has 0 unspecified atom stereocenters. The van der Waals surface area contributed by atoms with Gasteiger partial charge >= 0.3 is 6.03 Å². The first-order valence-electron chi connectivity index (χ1n) is 13.0. The number of benzene rings is 2. The number of carbonyl (C=O) groups excluding carboxylic acids is 1. The molecule has 190 valence electrons. The number of likely N-dealkylation sites (tertiary alicyclic amines) is 1. The van der Waals surface area contributed by atoms with Gasteiger partial charge in [-0.25, -0.2) is 9.78 Å². The van der Waals surface area contributed by atoms with Crippen LogP contribution in [0, 0.1) is 0 Å². The van der Waals surface area contributed by atoms with E-state index >= 15 is 0 Å². The molecule has 2 aliphatic rings. The fourth-order valence-corrected chi connectivity index (χ4v) is 5.56. The Morgan fingerprint density at radius 3 is 2.67 bits per heavy atom. The number of aliphatic hydroxyl groups is 1. The number of hydrogen-bond donors (Lipinski definition) is 3. The molecule has 0 radical (unpaired) electrons. The van der Waals surface area contributed by atoms with Crippen molar-refractivity contribution < 1.29 is 9.90 Å². The number of aromatic nitrogens is 1. The molecule has 3 aromatic rings. The van der Waals surface area contributed by atoms with Gasteiger partial charge in [-0.05, 0) is 81.0 Å². The van der Waals surface area contributed by atoms with E-state index in [0.717, 1.165) is 61.2 Å². The number of hydrogen-bond acceptors (Lipinski definition) is 5. The molecule has 2 amide bonds. The summed E-state index contributed by atoms with van der Waals surface area (Å²) in [6.45, 7) is 6.10. The van der Waals surface area contributed by atoms with Crippen molar-refractivity contribution in [3.8, 4) is 0 Å². The molecule has 1 aliphatic carbocycles. The minimum Gasteiger partial charge on any atom is -0.389 e. The average Bonchev–Trinajstić information content (AvgIpc) is 3.26. The zero-order chi connectivity index (χ0) is 25.3. The van der Waals surface area contributed by atoms with Crippen LogP contribution in [-0.4, -0.2) is 64.2 Å². The second-order valence-electron chi connectivity index (χ2n) is 10.9. The number of amides is 2. The Balaban J connectivity index is 1.18. The van der Waals surface area contributed by atoms with Gasteiger partial charge in [-0.3, -0.25) is 0 Å². The van der Waals surface area contributed by atoms with Gasteiger partial charge in [0, 0.05) is 43.8 Å². The molecule has 3 N–H and O–H groups in total. The van der Waals surface area contributed by atoms with Gasteiger partial charge in [0.2, 0.25) is 0 Å². The van der Waals surface area contributed by atoms with Crippen molar-refractivity contribution in [3.05, 3.63) is 65.7 Å². The lowest BCUT2D eigenvalue weighted by Gasteiger charge is -2.38. The Morgan fingerprint density at radius 1 is 1.11 bits per heavy atom. The van der Waals surface area contributed by atoms with Crippen LogP contribution in [0.1, 0.15) is 50.3 Å². The SMILES string of the molecule is CN(C(=O)Nc1ccc2nc(N[C@@H]3CCc4ccccc43)ccc2c1)C1CCN(CC(C)(C)O)CC1. The van der Waals surface area contributed by atoms with Crippen LogP contribution in [-0.2, 0) is 6.42 Å². The smallest absolute Gasteiger partial charge is 0.321 e. The number of urea groups is 1. The Kier molecular flexibility index (Phi) is 6.86. The number of fused-ring (bicyclic) bond motifs is 2. The van der Waals surface area contributed by atoms with E-state index < -0.39 is 5.60 Å². The predicted molar refractivity (Wildman–Crippen MR) is 145 cm³/mol. The Morgan fingerprint density at radius 2 is 1.89 bits per heavy atom. The van der Waals surface area contributed by atoms with Crippen LogP contribution in [0.25, 0.3) is 10.9 Å². The predicted octanol–water partition coefficient (Wildman–Crippen LogP) is 5.03. The lowest BCUT2D eigenvalue weighted by molar-refractivity contribution is 0.0223. The highest BCUT2D eigenvalue weighted by molar-refractivity contribution is 5.93. The second-order valence-corrected chi connectivity index (χ2v) is 10.9. The summed E-state index contributed by atoms with van der Waals surface area (Å²) in [7, 11) is 1.87. The van der Waals surface area contributed by atoms with E-state index in [9.17, 15) is 9.90 Å². The zero-order valence-corrected chi connectivity index (χ0v) is 21.5. The van der Waals surface area contributed by atoms with Crippen molar-refractivity contribution >= 4 is 28.4 Å². The normalized spacial score (nSPS) is 18.7. The summed E-state index contributed by atoms with van der Waals surface area (Å²) < 4.78 is 0. The first-order valence-corrected chi connectivity index (χ1v) is 13.0.